The van der Waals surface area contributed by atoms with E-state index < -0.39 is 12.0 Å². The van der Waals surface area contributed by atoms with Crippen molar-refractivity contribution in [2.24, 2.45) is 5.73 Å². The van der Waals surface area contributed by atoms with Gasteiger partial charge in [-0.05, 0) is 55.3 Å². The highest BCUT2D eigenvalue weighted by atomic mass is 16.5. The van der Waals surface area contributed by atoms with Crippen LogP contribution in [0.15, 0.2) is 42.5 Å². The second kappa shape index (κ2) is 10.8. The Balaban J connectivity index is 2.24. The molecule has 0 saturated heterocycles. The second-order valence-electron chi connectivity index (χ2n) is 6.62. The van der Waals surface area contributed by atoms with Gasteiger partial charge in [0.25, 0.3) is 0 Å². The topological polar surface area (TPSA) is 135 Å². The number of carboxylic acids is 1. The third-order valence-electron chi connectivity index (χ3n) is 4.27. The summed E-state index contributed by atoms with van der Waals surface area (Å²) in [5.74, 6) is -0.382. The molecule has 2 aromatic carbocycles. The minimum atomic E-state index is -1.07. The number of hydrogen-bond donors (Lipinski definition) is 4. The summed E-state index contributed by atoms with van der Waals surface area (Å²) in [5.41, 5.74) is 7.02. The molecular weight excluding hydrogens is 386 g/mol. The molecule has 0 radical (unpaired) electrons. The van der Waals surface area contributed by atoms with Gasteiger partial charge in [0.2, 0.25) is 0 Å². The van der Waals surface area contributed by atoms with Crippen molar-refractivity contribution in [2.45, 2.75) is 32.7 Å². The van der Waals surface area contributed by atoms with Crippen molar-refractivity contribution < 1.29 is 24.2 Å². The van der Waals surface area contributed by atoms with E-state index in [1.807, 2.05) is 13.8 Å². The molecule has 0 spiro atoms. The molecule has 1 atom stereocenters. The van der Waals surface area contributed by atoms with E-state index in [9.17, 15) is 14.7 Å². The maximum Gasteiger partial charge on any atom is 0.330 e. The quantitative estimate of drug-likeness (QED) is 0.309. The number of nitrogens with two attached hydrogens (primary N) is 1. The molecule has 0 aliphatic rings. The van der Waals surface area contributed by atoms with Crippen LogP contribution in [0.5, 0.6) is 11.5 Å². The fourth-order valence-corrected chi connectivity index (χ4v) is 2.80. The summed E-state index contributed by atoms with van der Waals surface area (Å²) in [6.07, 6.45) is 1.19. The van der Waals surface area contributed by atoms with Crippen LogP contribution in [0.4, 0.5) is 5.69 Å². The lowest BCUT2D eigenvalue weighted by molar-refractivity contribution is -0.138. The number of nitrogens with one attached hydrogen (secondary N) is 2. The summed E-state index contributed by atoms with van der Waals surface area (Å²) in [4.78, 5) is 23.6. The molecule has 0 bridgehead atoms. The molecule has 0 amide bonds. The van der Waals surface area contributed by atoms with Gasteiger partial charge in [0, 0.05) is 17.7 Å². The standard InChI is InChI=1S/C22H27N3O5/c1-3-5-17(26)13-30-18-11-8-15(12-19(18)29-4-2)20(22(27)28)25-16-9-6-14(7-10-16)21(23)24/h6-12,20,25H,3-5,13H2,1-2H3,(H3,23,24)(H,27,28). The highest BCUT2D eigenvalue weighted by molar-refractivity contribution is 5.95. The first-order chi connectivity index (χ1) is 14.3. The fraction of sp³-hybridized carbons (Fsp3) is 0.318. The van der Waals surface area contributed by atoms with Gasteiger partial charge in [0.1, 0.15) is 12.4 Å². The van der Waals surface area contributed by atoms with E-state index in [4.69, 9.17) is 20.6 Å². The van der Waals surface area contributed by atoms with E-state index in [1.165, 1.54) is 0 Å². The molecule has 8 heteroatoms. The van der Waals surface area contributed by atoms with Gasteiger partial charge in [-0.2, -0.15) is 0 Å². The second-order valence-corrected chi connectivity index (χ2v) is 6.62. The van der Waals surface area contributed by atoms with Crippen molar-refractivity contribution in [3.05, 3.63) is 53.6 Å². The predicted octanol–water partition coefficient (Wildman–Crippen LogP) is 3.36. The van der Waals surface area contributed by atoms with E-state index >= 15 is 0 Å². The van der Waals surface area contributed by atoms with E-state index in [0.717, 1.165) is 6.42 Å². The number of hydrogen-bond acceptors (Lipinski definition) is 6. The van der Waals surface area contributed by atoms with Gasteiger partial charge in [0.05, 0.1) is 6.61 Å². The molecule has 8 nitrogen and oxygen atoms in total. The Bertz CT molecular complexity index is 896. The highest BCUT2D eigenvalue weighted by Gasteiger charge is 2.22. The van der Waals surface area contributed by atoms with Crippen LogP contribution in [-0.2, 0) is 9.59 Å². The van der Waals surface area contributed by atoms with Crippen LogP contribution in [0.2, 0.25) is 0 Å². The molecule has 0 heterocycles. The van der Waals surface area contributed by atoms with Gasteiger partial charge in [-0.25, -0.2) is 4.79 Å². The first kappa shape index (κ1) is 22.7. The molecule has 0 aromatic heterocycles. The molecule has 0 fully saturated rings. The van der Waals surface area contributed by atoms with Crippen molar-refractivity contribution in [3.63, 3.8) is 0 Å². The number of benzene rings is 2. The predicted molar refractivity (Wildman–Crippen MR) is 114 cm³/mol. The number of ether oxygens (including phenoxy) is 2. The summed E-state index contributed by atoms with van der Waals surface area (Å²) < 4.78 is 11.2. The number of nitrogen functional groups attached to an aromatic ring is 1. The summed E-state index contributed by atoms with van der Waals surface area (Å²) in [5, 5.41) is 20.1. The summed E-state index contributed by atoms with van der Waals surface area (Å²) in [6.45, 7) is 4.03. The van der Waals surface area contributed by atoms with Crippen LogP contribution >= 0.6 is 0 Å². The molecule has 2 rings (SSSR count). The first-order valence-corrected chi connectivity index (χ1v) is 9.70. The Labute approximate surface area is 175 Å². The van der Waals surface area contributed by atoms with Crippen molar-refractivity contribution in [1.29, 1.82) is 5.41 Å². The molecule has 2 aromatic rings. The minimum Gasteiger partial charge on any atom is -0.490 e. The zero-order valence-electron chi connectivity index (χ0n) is 17.1. The third-order valence-corrected chi connectivity index (χ3v) is 4.27. The molecule has 0 aliphatic heterocycles. The van der Waals surface area contributed by atoms with Gasteiger partial charge in [0.15, 0.2) is 23.3 Å². The molecule has 0 aliphatic carbocycles. The smallest absolute Gasteiger partial charge is 0.330 e. The third kappa shape index (κ3) is 6.23. The number of aliphatic carboxylic acids is 1. The Morgan fingerprint density at radius 3 is 2.37 bits per heavy atom. The lowest BCUT2D eigenvalue weighted by Crippen LogP contribution is -2.21. The first-order valence-electron chi connectivity index (χ1n) is 9.70. The van der Waals surface area contributed by atoms with Crippen LogP contribution in [0.25, 0.3) is 0 Å². The van der Waals surface area contributed by atoms with Crippen LogP contribution in [0, 0.1) is 5.41 Å². The molecule has 1 unspecified atom stereocenters. The van der Waals surface area contributed by atoms with Gasteiger partial charge in [-0.3, -0.25) is 10.2 Å². The molecular formula is C22H27N3O5. The maximum absolute atomic E-state index is 11.9. The number of amidine groups is 1. The SMILES string of the molecule is CCCC(=O)COc1ccc(C(Nc2ccc(C(=N)N)cc2)C(=O)O)cc1OCC. The summed E-state index contributed by atoms with van der Waals surface area (Å²) in [6, 6.07) is 10.4. The minimum absolute atomic E-state index is 0.0110. The van der Waals surface area contributed by atoms with Crippen LogP contribution in [0.3, 0.4) is 0 Å². The average Bonchev–Trinajstić information content (AvgIpc) is 2.71. The average molecular weight is 413 g/mol. The molecule has 0 saturated carbocycles. The molecule has 30 heavy (non-hydrogen) atoms. The lowest BCUT2D eigenvalue weighted by atomic mass is 10.1. The molecule has 160 valence electrons. The van der Waals surface area contributed by atoms with Crippen LogP contribution in [-0.4, -0.2) is 35.9 Å². The number of anilines is 1. The maximum atomic E-state index is 11.9. The van der Waals surface area contributed by atoms with Gasteiger partial charge in [-0.15, -0.1) is 0 Å². The van der Waals surface area contributed by atoms with Gasteiger partial charge >= 0.3 is 5.97 Å². The normalized spacial score (nSPS) is 11.4. The van der Waals surface area contributed by atoms with E-state index in [2.05, 4.69) is 5.32 Å². The lowest BCUT2D eigenvalue weighted by Gasteiger charge is -2.19. The largest absolute Gasteiger partial charge is 0.490 e. The van der Waals surface area contributed by atoms with Crippen molar-refractivity contribution >= 4 is 23.3 Å². The fourth-order valence-electron chi connectivity index (χ4n) is 2.80. The van der Waals surface area contributed by atoms with Crippen LogP contribution in [0.1, 0.15) is 43.9 Å². The Kier molecular flexibility index (Phi) is 8.22. The number of carbonyl (C=O) groups excluding carboxylic acids is 1. The van der Waals surface area contributed by atoms with Gasteiger partial charge < -0.3 is 25.6 Å². The zero-order valence-corrected chi connectivity index (χ0v) is 17.1. The van der Waals surface area contributed by atoms with Crippen molar-refractivity contribution in [2.75, 3.05) is 18.5 Å². The zero-order chi connectivity index (χ0) is 22.1. The number of rotatable bonds is 12. The van der Waals surface area contributed by atoms with Crippen molar-refractivity contribution in [1.82, 2.24) is 0 Å². The number of carboxylic acid groups (broad SMARTS) is 1. The Hall–Kier alpha value is -3.55. The Morgan fingerprint density at radius 2 is 1.80 bits per heavy atom. The number of ketones is 1. The summed E-state index contributed by atoms with van der Waals surface area (Å²) in [7, 11) is 0. The number of carbonyl (C=O) groups is 2. The van der Waals surface area contributed by atoms with Crippen molar-refractivity contribution in [3.8, 4) is 11.5 Å². The van der Waals surface area contributed by atoms with Crippen LogP contribution < -0.4 is 20.5 Å². The van der Waals surface area contributed by atoms with Gasteiger partial charge in [-0.1, -0.05) is 13.0 Å². The Morgan fingerprint density at radius 1 is 1.10 bits per heavy atom. The number of Topliss-reactive ketones (excluding diaryl/α,β-unsaturated/α-hetero) is 1. The highest BCUT2D eigenvalue weighted by Crippen LogP contribution is 2.32. The monoisotopic (exact) mass is 413 g/mol. The van der Waals surface area contributed by atoms with E-state index in [1.54, 1.807) is 42.5 Å². The summed E-state index contributed by atoms with van der Waals surface area (Å²) >= 11 is 0. The van der Waals surface area contributed by atoms with E-state index in [-0.39, 0.29) is 18.2 Å². The van der Waals surface area contributed by atoms with E-state index in [0.29, 0.717) is 41.3 Å². The molecule has 5 N–H and O–H groups in total.